The van der Waals surface area contributed by atoms with Crippen molar-refractivity contribution in [3.05, 3.63) is 0 Å². The van der Waals surface area contributed by atoms with Gasteiger partial charge in [0.2, 0.25) is 5.91 Å². The summed E-state index contributed by atoms with van der Waals surface area (Å²) in [4.78, 5) is 11.9. The molecule has 2 N–H and O–H groups in total. The van der Waals surface area contributed by atoms with Gasteiger partial charge < -0.3 is 10.6 Å². The number of rotatable bonds is 3. The van der Waals surface area contributed by atoms with Crippen LogP contribution in [-0.4, -0.2) is 36.5 Å². The number of carbonyl (C=O) groups is 1. The third-order valence-corrected chi connectivity index (χ3v) is 4.58. The molecule has 92 valence electrons. The van der Waals surface area contributed by atoms with E-state index in [9.17, 15) is 4.79 Å². The van der Waals surface area contributed by atoms with Crippen LogP contribution < -0.4 is 10.6 Å². The number of hydrogen-bond donors (Lipinski definition) is 2. The van der Waals surface area contributed by atoms with Crippen LogP contribution in [0.5, 0.6) is 0 Å². The Hall–Kier alpha value is -0.220. The molecule has 1 unspecified atom stereocenters. The standard InChI is InChI=1S/C12H22N2OS/c15-12(11-3-1-2-6-13-11)14-9-10-4-7-16-8-5-10/h10-11,13H,1-9H2,(H,14,15). The Morgan fingerprint density at radius 1 is 1.25 bits per heavy atom. The molecule has 0 aromatic rings. The normalized spacial score (nSPS) is 27.6. The van der Waals surface area contributed by atoms with Gasteiger partial charge in [0.15, 0.2) is 0 Å². The number of thioether (sulfide) groups is 1. The van der Waals surface area contributed by atoms with Crippen LogP contribution in [0.2, 0.25) is 0 Å². The Balaban J connectivity index is 1.65. The SMILES string of the molecule is O=C(NCC1CCSCC1)C1CCCCN1. The first-order valence-electron chi connectivity index (χ1n) is 6.45. The number of amides is 1. The zero-order chi connectivity index (χ0) is 11.2. The molecular formula is C12H22N2OS. The molecule has 1 atom stereocenters. The van der Waals surface area contributed by atoms with E-state index >= 15 is 0 Å². The van der Waals surface area contributed by atoms with Gasteiger partial charge in [0.25, 0.3) is 0 Å². The molecule has 0 aromatic heterocycles. The Morgan fingerprint density at radius 3 is 2.75 bits per heavy atom. The minimum Gasteiger partial charge on any atom is -0.354 e. The van der Waals surface area contributed by atoms with Crippen molar-refractivity contribution in [1.82, 2.24) is 10.6 Å². The van der Waals surface area contributed by atoms with E-state index in [-0.39, 0.29) is 11.9 Å². The van der Waals surface area contributed by atoms with E-state index in [0.29, 0.717) is 5.92 Å². The minimum absolute atomic E-state index is 0.0757. The smallest absolute Gasteiger partial charge is 0.237 e. The maximum Gasteiger partial charge on any atom is 0.237 e. The zero-order valence-electron chi connectivity index (χ0n) is 9.84. The van der Waals surface area contributed by atoms with Crippen LogP contribution in [-0.2, 0) is 4.79 Å². The van der Waals surface area contributed by atoms with Crippen LogP contribution in [0.15, 0.2) is 0 Å². The molecule has 2 heterocycles. The van der Waals surface area contributed by atoms with Crippen molar-refractivity contribution in [3.8, 4) is 0 Å². The van der Waals surface area contributed by atoms with Crippen LogP contribution in [0, 0.1) is 5.92 Å². The number of hydrogen-bond acceptors (Lipinski definition) is 3. The second-order valence-corrected chi connectivity index (χ2v) is 6.03. The van der Waals surface area contributed by atoms with Gasteiger partial charge in [-0.1, -0.05) is 6.42 Å². The zero-order valence-corrected chi connectivity index (χ0v) is 10.7. The highest BCUT2D eigenvalue weighted by molar-refractivity contribution is 7.99. The van der Waals surface area contributed by atoms with Crippen molar-refractivity contribution in [3.63, 3.8) is 0 Å². The summed E-state index contributed by atoms with van der Waals surface area (Å²) >= 11 is 2.04. The fourth-order valence-electron chi connectivity index (χ4n) is 2.39. The third kappa shape index (κ3) is 3.67. The number of carbonyl (C=O) groups excluding carboxylic acids is 1. The molecule has 2 saturated heterocycles. The Kier molecular flexibility index (Phi) is 4.97. The number of nitrogens with one attached hydrogen (secondary N) is 2. The van der Waals surface area contributed by atoms with E-state index in [1.165, 1.54) is 37.2 Å². The second-order valence-electron chi connectivity index (χ2n) is 4.80. The minimum atomic E-state index is 0.0757. The van der Waals surface area contributed by atoms with E-state index in [2.05, 4.69) is 10.6 Å². The first kappa shape index (κ1) is 12.2. The first-order chi connectivity index (χ1) is 7.86. The lowest BCUT2D eigenvalue weighted by Gasteiger charge is -2.25. The molecule has 0 radical (unpaired) electrons. The summed E-state index contributed by atoms with van der Waals surface area (Å²) in [6, 6.07) is 0.0757. The van der Waals surface area contributed by atoms with Crippen molar-refractivity contribution < 1.29 is 4.79 Å². The maximum atomic E-state index is 11.9. The van der Waals surface area contributed by atoms with Gasteiger partial charge in [0.05, 0.1) is 6.04 Å². The van der Waals surface area contributed by atoms with Gasteiger partial charge in [-0.15, -0.1) is 0 Å². The maximum absolute atomic E-state index is 11.9. The lowest BCUT2D eigenvalue weighted by molar-refractivity contribution is -0.123. The Labute approximate surface area is 102 Å². The first-order valence-corrected chi connectivity index (χ1v) is 7.60. The van der Waals surface area contributed by atoms with Crippen LogP contribution in [0.25, 0.3) is 0 Å². The van der Waals surface area contributed by atoms with E-state index in [1.54, 1.807) is 0 Å². The molecule has 1 amide bonds. The molecule has 2 fully saturated rings. The van der Waals surface area contributed by atoms with Crippen LogP contribution in [0.3, 0.4) is 0 Å². The van der Waals surface area contributed by atoms with Gasteiger partial charge in [-0.2, -0.15) is 11.8 Å². The molecule has 2 aliphatic heterocycles. The molecule has 0 spiro atoms. The van der Waals surface area contributed by atoms with E-state index in [0.717, 1.165) is 19.5 Å². The van der Waals surface area contributed by atoms with Gasteiger partial charge in [0, 0.05) is 6.54 Å². The highest BCUT2D eigenvalue weighted by Gasteiger charge is 2.21. The fourth-order valence-corrected chi connectivity index (χ4v) is 3.60. The largest absolute Gasteiger partial charge is 0.354 e. The molecule has 0 aliphatic carbocycles. The molecule has 4 heteroatoms. The summed E-state index contributed by atoms with van der Waals surface area (Å²) in [6.45, 7) is 1.88. The van der Waals surface area contributed by atoms with Crippen molar-refractivity contribution in [2.45, 2.75) is 38.1 Å². The van der Waals surface area contributed by atoms with Crippen LogP contribution in [0.1, 0.15) is 32.1 Å². The third-order valence-electron chi connectivity index (χ3n) is 3.53. The number of piperidine rings is 1. The summed E-state index contributed by atoms with van der Waals surface area (Å²) in [5, 5.41) is 6.40. The van der Waals surface area contributed by atoms with Gasteiger partial charge in [-0.05, 0) is 49.7 Å². The van der Waals surface area contributed by atoms with Crippen molar-refractivity contribution >= 4 is 17.7 Å². The van der Waals surface area contributed by atoms with E-state index in [1.807, 2.05) is 11.8 Å². The molecule has 0 aromatic carbocycles. The summed E-state index contributed by atoms with van der Waals surface area (Å²) in [5.41, 5.74) is 0. The molecule has 2 rings (SSSR count). The molecule has 0 saturated carbocycles. The van der Waals surface area contributed by atoms with E-state index < -0.39 is 0 Å². The van der Waals surface area contributed by atoms with E-state index in [4.69, 9.17) is 0 Å². The highest BCUT2D eigenvalue weighted by Crippen LogP contribution is 2.21. The predicted molar refractivity (Wildman–Crippen MR) is 68.7 cm³/mol. The quantitative estimate of drug-likeness (QED) is 0.786. The molecule has 0 bridgehead atoms. The lowest BCUT2D eigenvalue weighted by atomic mass is 10.0. The molecule has 2 aliphatic rings. The topological polar surface area (TPSA) is 41.1 Å². The fraction of sp³-hybridized carbons (Fsp3) is 0.917. The molecular weight excluding hydrogens is 220 g/mol. The Morgan fingerprint density at radius 2 is 2.06 bits per heavy atom. The van der Waals surface area contributed by atoms with Gasteiger partial charge in [-0.25, -0.2) is 0 Å². The second kappa shape index (κ2) is 6.50. The predicted octanol–water partition coefficient (Wildman–Crippen LogP) is 1.39. The highest BCUT2D eigenvalue weighted by atomic mass is 32.2. The Bertz CT molecular complexity index is 223. The summed E-state index contributed by atoms with van der Waals surface area (Å²) in [5.74, 6) is 3.47. The average Bonchev–Trinajstić information content (AvgIpc) is 2.38. The van der Waals surface area contributed by atoms with Gasteiger partial charge in [0.1, 0.15) is 0 Å². The van der Waals surface area contributed by atoms with Crippen molar-refractivity contribution in [2.24, 2.45) is 5.92 Å². The van der Waals surface area contributed by atoms with Gasteiger partial charge >= 0.3 is 0 Å². The van der Waals surface area contributed by atoms with Crippen LogP contribution in [0.4, 0.5) is 0 Å². The monoisotopic (exact) mass is 242 g/mol. The summed E-state index contributed by atoms with van der Waals surface area (Å²) in [7, 11) is 0. The molecule has 3 nitrogen and oxygen atoms in total. The van der Waals surface area contributed by atoms with Crippen LogP contribution >= 0.6 is 11.8 Å². The summed E-state index contributed by atoms with van der Waals surface area (Å²) < 4.78 is 0. The molecule has 16 heavy (non-hydrogen) atoms. The van der Waals surface area contributed by atoms with Crippen molar-refractivity contribution in [1.29, 1.82) is 0 Å². The summed E-state index contributed by atoms with van der Waals surface area (Å²) in [6.07, 6.45) is 5.94. The average molecular weight is 242 g/mol. The van der Waals surface area contributed by atoms with Gasteiger partial charge in [-0.3, -0.25) is 4.79 Å². The lowest BCUT2D eigenvalue weighted by Crippen LogP contribution is -2.47. The van der Waals surface area contributed by atoms with Crippen molar-refractivity contribution in [2.75, 3.05) is 24.6 Å².